The van der Waals surface area contributed by atoms with Gasteiger partial charge in [-0.25, -0.2) is 0 Å². The molecule has 5 heteroatoms. The first-order valence-corrected chi connectivity index (χ1v) is 6.41. The summed E-state index contributed by atoms with van der Waals surface area (Å²) < 4.78 is 0. The number of likely N-dealkylation sites (N-methyl/N-ethyl adjacent to an activating group) is 1. The number of aromatic amines is 1. The lowest BCUT2D eigenvalue weighted by atomic mass is 10.2. The first kappa shape index (κ1) is 12.8. The Morgan fingerprint density at radius 2 is 2.44 bits per heavy atom. The number of carbonyl (C=O) groups is 1. The molecule has 0 bridgehead atoms. The summed E-state index contributed by atoms with van der Waals surface area (Å²) in [5.74, 6) is -0.177. The monoisotopic (exact) mass is 249 g/mol. The summed E-state index contributed by atoms with van der Waals surface area (Å²) in [5, 5.41) is 2.90. The average Bonchev–Trinajstić information content (AvgIpc) is 2.83. The molecule has 2 rings (SSSR count). The van der Waals surface area contributed by atoms with E-state index in [-0.39, 0.29) is 11.5 Å². The molecule has 1 unspecified atom stereocenters. The molecular formula is C13H19N3O2. The minimum Gasteiger partial charge on any atom is -0.350 e. The molecule has 18 heavy (non-hydrogen) atoms. The topological polar surface area (TPSA) is 65.2 Å². The van der Waals surface area contributed by atoms with E-state index < -0.39 is 0 Å². The van der Waals surface area contributed by atoms with Crippen molar-refractivity contribution in [1.82, 2.24) is 15.2 Å². The third-order valence-electron chi connectivity index (χ3n) is 3.44. The van der Waals surface area contributed by atoms with Gasteiger partial charge in [0.2, 0.25) is 5.56 Å². The van der Waals surface area contributed by atoms with Gasteiger partial charge >= 0.3 is 0 Å². The van der Waals surface area contributed by atoms with Gasteiger partial charge < -0.3 is 10.3 Å². The van der Waals surface area contributed by atoms with Gasteiger partial charge in [-0.05, 0) is 32.0 Å². The van der Waals surface area contributed by atoms with Crippen molar-refractivity contribution in [3.05, 3.63) is 34.2 Å². The maximum absolute atomic E-state index is 11.9. The van der Waals surface area contributed by atoms with E-state index >= 15 is 0 Å². The third kappa shape index (κ3) is 2.98. The Kier molecular flexibility index (Phi) is 4.15. The summed E-state index contributed by atoms with van der Waals surface area (Å²) in [5.41, 5.74) is 0.165. The minimum absolute atomic E-state index is 0.177. The van der Waals surface area contributed by atoms with Crippen molar-refractivity contribution in [2.75, 3.05) is 19.6 Å². The number of rotatable bonds is 4. The summed E-state index contributed by atoms with van der Waals surface area (Å²) in [4.78, 5) is 27.8. The first-order valence-electron chi connectivity index (χ1n) is 6.41. The van der Waals surface area contributed by atoms with Crippen LogP contribution >= 0.6 is 0 Å². The van der Waals surface area contributed by atoms with Crippen molar-refractivity contribution < 1.29 is 4.79 Å². The Labute approximate surface area is 106 Å². The highest BCUT2D eigenvalue weighted by Crippen LogP contribution is 2.15. The molecule has 1 saturated heterocycles. The number of amides is 1. The second-order valence-electron chi connectivity index (χ2n) is 4.58. The molecule has 1 aliphatic heterocycles. The zero-order valence-corrected chi connectivity index (χ0v) is 10.6. The van der Waals surface area contributed by atoms with E-state index in [2.05, 4.69) is 22.1 Å². The summed E-state index contributed by atoms with van der Waals surface area (Å²) in [7, 11) is 0. The molecule has 5 nitrogen and oxygen atoms in total. The number of hydrogen-bond donors (Lipinski definition) is 2. The van der Waals surface area contributed by atoms with Gasteiger partial charge in [-0.1, -0.05) is 6.92 Å². The van der Waals surface area contributed by atoms with E-state index in [0.717, 1.165) is 19.5 Å². The van der Waals surface area contributed by atoms with Crippen LogP contribution in [0.4, 0.5) is 0 Å². The summed E-state index contributed by atoms with van der Waals surface area (Å²) in [6.07, 6.45) is 3.81. The lowest BCUT2D eigenvalue weighted by Crippen LogP contribution is -2.40. The highest BCUT2D eigenvalue weighted by Gasteiger charge is 2.23. The van der Waals surface area contributed by atoms with Crippen LogP contribution in [0.2, 0.25) is 0 Å². The molecule has 2 N–H and O–H groups in total. The predicted molar refractivity (Wildman–Crippen MR) is 69.7 cm³/mol. The summed E-state index contributed by atoms with van der Waals surface area (Å²) in [6.45, 7) is 4.92. The second kappa shape index (κ2) is 5.82. The molecule has 1 amide bonds. The van der Waals surface area contributed by atoms with Gasteiger partial charge in [-0.2, -0.15) is 0 Å². The fourth-order valence-electron chi connectivity index (χ4n) is 2.44. The molecule has 1 aromatic rings. The molecule has 1 fully saturated rings. The zero-order chi connectivity index (χ0) is 13.0. The van der Waals surface area contributed by atoms with Gasteiger partial charge in [0.05, 0.1) is 0 Å². The first-order chi connectivity index (χ1) is 8.70. The van der Waals surface area contributed by atoms with Crippen LogP contribution in [0.1, 0.15) is 30.1 Å². The van der Waals surface area contributed by atoms with Crippen LogP contribution < -0.4 is 10.9 Å². The number of hydrogen-bond acceptors (Lipinski definition) is 3. The number of nitrogens with one attached hydrogen (secondary N) is 2. The lowest BCUT2D eigenvalue weighted by molar-refractivity contribution is 0.0941. The number of carbonyl (C=O) groups excluding carboxylic acids is 1. The number of nitrogens with zero attached hydrogens (tertiary/aromatic N) is 1. The Morgan fingerprint density at radius 3 is 3.17 bits per heavy atom. The highest BCUT2D eigenvalue weighted by atomic mass is 16.2. The smallest absolute Gasteiger partial charge is 0.251 e. The van der Waals surface area contributed by atoms with Crippen LogP contribution in [-0.4, -0.2) is 41.5 Å². The SMILES string of the molecule is CCN1CCCC1CNC(=O)c1cc[nH]c(=O)c1. The fraction of sp³-hybridized carbons (Fsp3) is 0.538. The Hall–Kier alpha value is -1.62. The van der Waals surface area contributed by atoms with Gasteiger partial charge in [-0.15, -0.1) is 0 Å². The Balaban J connectivity index is 1.90. The molecule has 0 spiro atoms. The number of pyridine rings is 1. The lowest BCUT2D eigenvalue weighted by Gasteiger charge is -2.22. The van der Waals surface area contributed by atoms with E-state index in [1.54, 1.807) is 6.07 Å². The number of H-pyrrole nitrogens is 1. The molecule has 98 valence electrons. The standard InChI is InChI=1S/C13H19N3O2/c1-2-16-7-3-4-11(16)9-15-13(18)10-5-6-14-12(17)8-10/h5-6,8,11H,2-4,7,9H2,1H3,(H,14,17)(H,15,18). The molecule has 0 aromatic carbocycles. The summed E-state index contributed by atoms with van der Waals surface area (Å²) >= 11 is 0. The van der Waals surface area contributed by atoms with Crippen LogP contribution in [0.15, 0.2) is 23.1 Å². The van der Waals surface area contributed by atoms with Crippen LogP contribution in [0.5, 0.6) is 0 Å². The Morgan fingerprint density at radius 1 is 1.61 bits per heavy atom. The largest absolute Gasteiger partial charge is 0.350 e. The van der Waals surface area contributed by atoms with Crippen molar-refractivity contribution >= 4 is 5.91 Å². The molecule has 1 aliphatic rings. The molecule has 0 radical (unpaired) electrons. The van der Waals surface area contributed by atoms with Crippen molar-refractivity contribution in [2.24, 2.45) is 0 Å². The average molecular weight is 249 g/mol. The fourth-order valence-corrected chi connectivity index (χ4v) is 2.44. The molecule has 2 heterocycles. The van der Waals surface area contributed by atoms with Crippen molar-refractivity contribution in [3.8, 4) is 0 Å². The zero-order valence-electron chi connectivity index (χ0n) is 10.6. The van der Waals surface area contributed by atoms with E-state index in [1.165, 1.54) is 18.7 Å². The molecular weight excluding hydrogens is 230 g/mol. The quantitative estimate of drug-likeness (QED) is 0.820. The summed E-state index contributed by atoms with van der Waals surface area (Å²) in [6, 6.07) is 3.37. The van der Waals surface area contributed by atoms with E-state index in [0.29, 0.717) is 18.2 Å². The van der Waals surface area contributed by atoms with Gasteiger partial charge in [0.15, 0.2) is 0 Å². The maximum atomic E-state index is 11.9. The van der Waals surface area contributed by atoms with Crippen LogP contribution in [0, 0.1) is 0 Å². The van der Waals surface area contributed by atoms with Gasteiger partial charge in [0, 0.05) is 30.4 Å². The van der Waals surface area contributed by atoms with E-state index in [9.17, 15) is 9.59 Å². The maximum Gasteiger partial charge on any atom is 0.251 e. The van der Waals surface area contributed by atoms with Crippen LogP contribution in [-0.2, 0) is 0 Å². The van der Waals surface area contributed by atoms with Crippen molar-refractivity contribution in [3.63, 3.8) is 0 Å². The Bertz CT molecular complexity index is 469. The minimum atomic E-state index is -0.251. The molecule has 0 saturated carbocycles. The predicted octanol–water partition coefficient (Wildman–Crippen LogP) is 0.589. The van der Waals surface area contributed by atoms with Gasteiger partial charge in [0.25, 0.3) is 5.91 Å². The number of likely N-dealkylation sites (tertiary alicyclic amines) is 1. The van der Waals surface area contributed by atoms with Crippen molar-refractivity contribution in [2.45, 2.75) is 25.8 Å². The normalized spacial score (nSPS) is 19.9. The van der Waals surface area contributed by atoms with E-state index in [1.807, 2.05) is 0 Å². The van der Waals surface area contributed by atoms with Crippen LogP contribution in [0.25, 0.3) is 0 Å². The third-order valence-corrected chi connectivity index (χ3v) is 3.44. The molecule has 1 aromatic heterocycles. The van der Waals surface area contributed by atoms with E-state index in [4.69, 9.17) is 0 Å². The van der Waals surface area contributed by atoms with Crippen molar-refractivity contribution in [1.29, 1.82) is 0 Å². The van der Waals surface area contributed by atoms with Crippen LogP contribution in [0.3, 0.4) is 0 Å². The highest BCUT2D eigenvalue weighted by molar-refractivity contribution is 5.93. The second-order valence-corrected chi connectivity index (χ2v) is 4.58. The molecule has 0 aliphatic carbocycles. The molecule has 1 atom stereocenters. The van der Waals surface area contributed by atoms with Gasteiger partial charge in [-0.3, -0.25) is 14.5 Å². The van der Waals surface area contributed by atoms with Gasteiger partial charge in [0.1, 0.15) is 0 Å². The number of aromatic nitrogens is 1.